The molecule has 2 N–H and O–H groups in total. The van der Waals surface area contributed by atoms with E-state index in [9.17, 15) is 19.7 Å². The van der Waals surface area contributed by atoms with E-state index < -0.39 is 22.9 Å². The molecule has 1 aromatic carbocycles. The highest BCUT2D eigenvalue weighted by Crippen LogP contribution is 2.27. The van der Waals surface area contributed by atoms with Crippen LogP contribution in [-0.2, 0) is 16.0 Å². The normalized spacial score (nSPS) is 19.9. The highest BCUT2D eigenvalue weighted by Gasteiger charge is 2.46. The molecule has 8 nitrogen and oxygen atoms in total. The molecule has 1 aromatic rings. The zero-order valence-corrected chi connectivity index (χ0v) is 11.7. The maximum absolute atomic E-state index is 10.9. The van der Waals surface area contributed by atoms with Crippen LogP contribution in [0.4, 0.5) is 5.69 Å². The Labute approximate surface area is 126 Å². The van der Waals surface area contributed by atoms with Crippen molar-refractivity contribution in [1.82, 2.24) is 4.90 Å². The number of carbonyl (C=O) groups is 2. The van der Waals surface area contributed by atoms with Crippen molar-refractivity contribution in [3.8, 4) is 0 Å². The summed E-state index contributed by atoms with van der Waals surface area (Å²) in [5.41, 5.74) is 1.01. The standard InChI is InChI=1S/C14H16N2O6/c17-13(18)12(14(19)20)15-8-11(15)3-1-2-9-4-6-10(7-5-9)16(21)22/h4-7,11-12H,1-3,8H2,(H,17,18)(H,19,20). The highest BCUT2D eigenvalue weighted by atomic mass is 16.6. The van der Waals surface area contributed by atoms with E-state index in [0.717, 1.165) is 12.0 Å². The fraction of sp³-hybridized carbons (Fsp3) is 0.429. The second-order valence-electron chi connectivity index (χ2n) is 5.25. The van der Waals surface area contributed by atoms with Crippen LogP contribution in [0.5, 0.6) is 0 Å². The number of nitro benzene ring substituents is 1. The van der Waals surface area contributed by atoms with Gasteiger partial charge in [0.25, 0.3) is 5.69 Å². The first-order valence-corrected chi connectivity index (χ1v) is 6.85. The Kier molecular flexibility index (Phi) is 4.71. The van der Waals surface area contributed by atoms with Gasteiger partial charge in [-0.25, -0.2) is 9.59 Å². The van der Waals surface area contributed by atoms with Gasteiger partial charge in [0.05, 0.1) is 4.92 Å². The van der Waals surface area contributed by atoms with Crippen molar-refractivity contribution >= 4 is 17.6 Å². The Morgan fingerprint density at radius 3 is 2.36 bits per heavy atom. The van der Waals surface area contributed by atoms with Gasteiger partial charge in [0.2, 0.25) is 6.04 Å². The molecule has 0 bridgehead atoms. The van der Waals surface area contributed by atoms with Crippen molar-refractivity contribution in [2.45, 2.75) is 31.3 Å². The fourth-order valence-electron chi connectivity index (χ4n) is 2.49. The summed E-state index contributed by atoms with van der Waals surface area (Å²) >= 11 is 0. The van der Waals surface area contributed by atoms with Gasteiger partial charge in [-0.3, -0.25) is 15.0 Å². The Morgan fingerprint density at radius 1 is 1.27 bits per heavy atom. The van der Waals surface area contributed by atoms with Crippen LogP contribution in [0, 0.1) is 10.1 Å². The third-order valence-corrected chi connectivity index (χ3v) is 3.71. The molecule has 0 spiro atoms. The Hall–Kier alpha value is -2.48. The smallest absolute Gasteiger partial charge is 0.332 e. The topological polar surface area (TPSA) is 121 Å². The van der Waals surface area contributed by atoms with Gasteiger partial charge in [-0.1, -0.05) is 12.1 Å². The first-order chi connectivity index (χ1) is 10.4. The predicted molar refractivity (Wildman–Crippen MR) is 75.6 cm³/mol. The van der Waals surface area contributed by atoms with Crippen molar-refractivity contribution in [3.63, 3.8) is 0 Å². The van der Waals surface area contributed by atoms with Crippen LogP contribution in [0.1, 0.15) is 18.4 Å². The van der Waals surface area contributed by atoms with E-state index >= 15 is 0 Å². The van der Waals surface area contributed by atoms with Crippen molar-refractivity contribution in [1.29, 1.82) is 0 Å². The molecule has 22 heavy (non-hydrogen) atoms. The van der Waals surface area contributed by atoms with Crippen LogP contribution >= 0.6 is 0 Å². The van der Waals surface area contributed by atoms with E-state index in [1.807, 2.05) is 0 Å². The van der Waals surface area contributed by atoms with Crippen LogP contribution in [0.25, 0.3) is 0 Å². The van der Waals surface area contributed by atoms with E-state index in [0.29, 0.717) is 19.4 Å². The summed E-state index contributed by atoms with van der Waals surface area (Å²) in [4.78, 5) is 33.3. The quantitative estimate of drug-likeness (QED) is 0.319. The molecule has 1 fully saturated rings. The minimum Gasteiger partial charge on any atom is -0.480 e. The summed E-state index contributed by atoms with van der Waals surface area (Å²) < 4.78 is 0. The molecule has 0 radical (unpaired) electrons. The summed E-state index contributed by atoms with van der Waals surface area (Å²) in [7, 11) is 0. The first kappa shape index (κ1) is 15.9. The minimum absolute atomic E-state index is 0.0183. The summed E-state index contributed by atoms with van der Waals surface area (Å²) in [5, 5.41) is 28.3. The Balaban J connectivity index is 1.77. The molecule has 1 heterocycles. The molecule has 1 aliphatic heterocycles. The molecular formula is C14H16N2O6. The van der Waals surface area contributed by atoms with Gasteiger partial charge in [0, 0.05) is 24.7 Å². The number of hydrogen-bond donors (Lipinski definition) is 2. The maximum Gasteiger partial charge on any atom is 0.332 e. The summed E-state index contributed by atoms with van der Waals surface area (Å²) in [5.74, 6) is -2.68. The van der Waals surface area contributed by atoms with Gasteiger partial charge in [-0.05, 0) is 24.8 Å². The molecule has 1 saturated heterocycles. The molecule has 2 atom stereocenters. The Morgan fingerprint density at radius 2 is 1.86 bits per heavy atom. The molecular weight excluding hydrogens is 292 g/mol. The van der Waals surface area contributed by atoms with E-state index in [4.69, 9.17) is 10.2 Å². The number of carboxylic acids is 2. The van der Waals surface area contributed by atoms with Crippen LogP contribution < -0.4 is 0 Å². The molecule has 0 amide bonds. The number of nitrogens with zero attached hydrogens (tertiary/aromatic N) is 2. The summed E-state index contributed by atoms with van der Waals surface area (Å²) in [6, 6.07) is 4.80. The number of benzene rings is 1. The highest BCUT2D eigenvalue weighted by molar-refractivity contribution is 5.97. The average Bonchev–Trinajstić information content (AvgIpc) is 3.17. The zero-order chi connectivity index (χ0) is 16.3. The number of hydrogen-bond acceptors (Lipinski definition) is 5. The summed E-state index contributed by atoms with van der Waals surface area (Å²) in [6.45, 7) is 0.476. The lowest BCUT2D eigenvalue weighted by atomic mass is 10.1. The van der Waals surface area contributed by atoms with Crippen LogP contribution in [-0.4, -0.2) is 50.6 Å². The first-order valence-electron chi connectivity index (χ1n) is 6.85. The van der Waals surface area contributed by atoms with Crippen molar-refractivity contribution < 1.29 is 24.7 Å². The lowest BCUT2D eigenvalue weighted by molar-refractivity contribution is -0.384. The SMILES string of the molecule is O=C(O)C(C(=O)O)N1CC1CCCc1ccc([N+](=O)[O-])cc1. The van der Waals surface area contributed by atoms with Crippen LogP contribution in [0.3, 0.4) is 0 Å². The van der Waals surface area contributed by atoms with Crippen molar-refractivity contribution in [3.05, 3.63) is 39.9 Å². The van der Waals surface area contributed by atoms with Gasteiger partial charge in [-0.2, -0.15) is 0 Å². The van der Waals surface area contributed by atoms with Crippen LogP contribution in [0.2, 0.25) is 0 Å². The lowest BCUT2D eigenvalue weighted by Crippen LogP contribution is -2.38. The second kappa shape index (κ2) is 6.52. The number of carboxylic acid groups (broad SMARTS) is 2. The fourth-order valence-corrected chi connectivity index (χ4v) is 2.49. The van der Waals surface area contributed by atoms with E-state index in [1.165, 1.54) is 17.0 Å². The predicted octanol–water partition coefficient (Wildman–Crippen LogP) is 1.14. The molecule has 2 rings (SSSR count). The van der Waals surface area contributed by atoms with Gasteiger partial charge in [0.15, 0.2) is 0 Å². The third kappa shape index (κ3) is 3.79. The molecule has 2 unspecified atom stereocenters. The average molecular weight is 308 g/mol. The van der Waals surface area contributed by atoms with Gasteiger partial charge in [-0.15, -0.1) is 0 Å². The number of non-ortho nitro benzene ring substituents is 1. The Bertz CT molecular complexity index is 572. The number of nitro groups is 1. The third-order valence-electron chi connectivity index (χ3n) is 3.71. The van der Waals surface area contributed by atoms with E-state index in [1.54, 1.807) is 12.1 Å². The number of rotatable bonds is 8. The van der Waals surface area contributed by atoms with Crippen molar-refractivity contribution in [2.75, 3.05) is 6.54 Å². The zero-order valence-electron chi connectivity index (χ0n) is 11.7. The van der Waals surface area contributed by atoms with Crippen LogP contribution in [0.15, 0.2) is 24.3 Å². The van der Waals surface area contributed by atoms with Gasteiger partial charge >= 0.3 is 11.9 Å². The summed E-state index contributed by atoms with van der Waals surface area (Å²) in [6.07, 6.45) is 2.19. The maximum atomic E-state index is 10.9. The number of aryl methyl sites for hydroxylation is 1. The molecule has 0 saturated carbocycles. The lowest BCUT2D eigenvalue weighted by Gasteiger charge is -2.09. The molecule has 1 aliphatic rings. The second-order valence-corrected chi connectivity index (χ2v) is 5.25. The number of aliphatic carboxylic acids is 2. The van der Waals surface area contributed by atoms with E-state index in [2.05, 4.69) is 0 Å². The van der Waals surface area contributed by atoms with E-state index in [-0.39, 0.29) is 11.7 Å². The molecule has 8 heteroatoms. The molecule has 118 valence electrons. The van der Waals surface area contributed by atoms with Gasteiger partial charge < -0.3 is 10.2 Å². The van der Waals surface area contributed by atoms with Crippen molar-refractivity contribution in [2.24, 2.45) is 0 Å². The van der Waals surface area contributed by atoms with Gasteiger partial charge in [0.1, 0.15) is 0 Å². The molecule has 0 aromatic heterocycles. The minimum atomic E-state index is -1.47. The largest absolute Gasteiger partial charge is 0.480 e. The monoisotopic (exact) mass is 308 g/mol. The molecule has 0 aliphatic carbocycles.